The molecule has 0 aliphatic rings. The van der Waals surface area contributed by atoms with Crippen molar-refractivity contribution in [2.45, 2.75) is 12.8 Å². The number of carbonyl (C=O) groups is 2. The van der Waals surface area contributed by atoms with Gasteiger partial charge in [0.25, 0.3) is 5.91 Å². The second kappa shape index (κ2) is 9.21. The van der Waals surface area contributed by atoms with E-state index in [0.29, 0.717) is 28.4 Å². The first kappa shape index (κ1) is 20.9. The molecule has 1 N–H and O–H groups in total. The molecule has 2 aromatic carbocycles. The number of rotatable bonds is 7. The van der Waals surface area contributed by atoms with E-state index < -0.39 is 5.97 Å². The molecule has 2 heterocycles. The molecular weight excluding hydrogens is 417 g/mol. The van der Waals surface area contributed by atoms with Crippen LogP contribution in [0.25, 0.3) is 11.4 Å². The van der Waals surface area contributed by atoms with Crippen LogP contribution in [0.4, 0.5) is 10.1 Å². The fraction of sp³-hybridized carbons (Fsp3) is 0.136. The number of nitrogens with one attached hydrogen (secondary N) is 1. The Balaban J connectivity index is 1.27. The summed E-state index contributed by atoms with van der Waals surface area (Å²) in [5.74, 6) is -0.191. The third kappa shape index (κ3) is 5.22. The van der Waals surface area contributed by atoms with E-state index in [1.165, 1.54) is 23.0 Å². The third-order valence-corrected chi connectivity index (χ3v) is 4.42. The van der Waals surface area contributed by atoms with Crippen LogP contribution in [0.5, 0.6) is 5.75 Å². The first-order chi connectivity index (χ1) is 15.5. The van der Waals surface area contributed by atoms with E-state index in [9.17, 15) is 14.0 Å². The molecule has 0 spiro atoms. The molecule has 10 heteroatoms. The van der Waals surface area contributed by atoms with Crippen LogP contribution in [0.3, 0.4) is 0 Å². The molecule has 4 aromatic rings. The van der Waals surface area contributed by atoms with Crippen molar-refractivity contribution in [1.82, 2.24) is 19.9 Å². The van der Waals surface area contributed by atoms with Gasteiger partial charge in [-0.2, -0.15) is 10.1 Å². The largest absolute Gasteiger partial charge is 0.427 e. The fourth-order valence-corrected chi connectivity index (χ4v) is 2.81. The van der Waals surface area contributed by atoms with Gasteiger partial charge in [0.05, 0.1) is 18.2 Å². The minimum atomic E-state index is -0.473. The molecule has 162 valence electrons. The Hall–Kier alpha value is -4.34. The minimum Gasteiger partial charge on any atom is -0.427 e. The number of anilines is 1. The lowest BCUT2D eigenvalue weighted by Crippen LogP contribution is -2.11. The van der Waals surface area contributed by atoms with Crippen LogP contribution in [-0.4, -0.2) is 31.8 Å². The fourth-order valence-electron chi connectivity index (χ4n) is 2.81. The van der Waals surface area contributed by atoms with Crippen molar-refractivity contribution in [3.63, 3.8) is 0 Å². The van der Waals surface area contributed by atoms with E-state index in [-0.39, 0.29) is 30.5 Å². The maximum absolute atomic E-state index is 13.0. The van der Waals surface area contributed by atoms with Crippen LogP contribution in [0.1, 0.15) is 22.7 Å². The summed E-state index contributed by atoms with van der Waals surface area (Å²) in [6.07, 6.45) is 3.31. The Bertz CT molecular complexity index is 1230. The quantitative estimate of drug-likeness (QED) is 0.350. The van der Waals surface area contributed by atoms with Crippen LogP contribution < -0.4 is 10.1 Å². The summed E-state index contributed by atoms with van der Waals surface area (Å²) in [5.41, 5.74) is 1.60. The molecule has 0 saturated carbocycles. The Labute approximate surface area is 181 Å². The molecule has 0 atom stereocenters. The number of aryl methyl sites for hydroxylation is 2. The second-order valence-electron chi connectivity index (χ2n) is 6.87. The molecule has 4 rings (SSSR count). The van der Waals surface area contributed by atoms with E-state index in [1.54, 1.807) is 49.6 Å². The van der Waals surface area contributed by atoms with Crippen LogP contribution >= 0.6 is 0 Å². The molecule has 2 aromatic heterocycles. The summed E-state index contributed by atoms with van der Waals surface area (Å²) in [6, 6.07) is 12.1. The molecule has 0 aliphatic carbocycles. The number of ether oxygens (including phenoxy) is 1. The van der Waals surface area contributed by atoms with Crippen molar-refractivity contribution < 1.29 is 23.2 Å². The third-order valence-electron chi connectivity index (χ3n) is 4.42. The highest BCUT2D eigenvalue weighted by molar-refractivity contribution is 6.03. The number of hydrogen-bond donors (Lipinski definition) is 1. The van der Waals surface area contributed by atoms with Crippen LogP contribution in [-0.2, 0) is 18.3 Å². The van der Waals surface area contributed by atoms with Crippen molar-refractivity contribution >= 4 is 17.6 Å². The zero-order valence-corrected chi connectivity index (χ0v) is 17.0. The lowest BCUT2D eigenvalue weighted by atomic mass is 10.2. The zero-order valence-electron chi connectivity index (χ0n) is 17.0. The maximum Gasteiger partial charge on any atom is 0.311 e. The van der Waals surface area contributed by atoms with Crippen molar-refractivity contribution in [3.05, 3.63) is 78.2 Å². The normalized spacial score (nSPS) is 10.7. The first-order valence-electron chi connectivity index (χ1n) is 9.65. The van der Waals surface area contributed by atoms with Crippen LogP contribution in [0.2, 0.25) is 0 Å². The lowest BCUT2D eigenvalue weighted by Gasteiger charge is -2.06. The molecule has 0 unspecified atom stereocenters. The SMILES string of the molecule is Cn1cc(C(=O)Nc2ccc(OC(=O)CCc3nc(-c4ccc(F)cc4)no3)cc2)cn1. The van der Waals surface area contributed by atoms with Gasteiger partial charge in [0.1, 0.15) is 11.6 Å². The van der Waals surface area contributed by atoms with Crippen molar-refractivity contribution in [2.24, 2.45) is 7.05 Å². The highest BCUT2D eigenvalue weighted by Gasteiger charge is 2.13. The van der Waals surface area contributed by atoms with Gasteiger partial charge in [-0.25, -0.2) is 4.39 Å². The highest BCUT2D eigenvalue weighted by atomic mass is 19.1. The molecule has 1 amide bonds. The minimum absolute atomic E-state index is 0.0323. The zero-order chi connectivity index (χ0) is 22.5. The number of benzene rings is 2. The van der Waals surface area contributed by atoms with E-state index >= 15 is 0 Å². The Kier molecular flexibility index (Phi) is 6.02. The van der Waals surface area contributed by atoms with E-state index in [1.807, 2.05) is 0 Å². The van der Waals surface area contributed by atoms with Crippen LogP contribution in [0.15, 0.2) is 65.4 Å². The van der Waals surface area contributed by atoms with Gasteiger partial charge in [0.15, 0.2) is 0 Å². The van der Waals surface area contributed by atoms with E-state index in [4.69, 9.17) is 9.26 Å². The molecular formula is C22H18FN5O4. The van der Waals surface area contributed by atoms with Gasteiger partial charge in [0.2, 0.25) is 11.7 Å². The van der Waals surface area contributed by atoms with Crippen molar-refractivity contribution in [1.29, 1.82) is 0 Å². The molecule has 0 fully saturated rings. The summed E-state index contributed by atoms with van der Waals surface area (Å²) in [4.78, 5) is 28.4. The molecule has 0 aliphatic heterocycles. The summed E-state index contributed by atoms with van der Waals surface area (Å²) < 4.78 is 25.0. The number of aromatic nitrogens is 4. The smallest absolute Gasteiger partial charge is 0.311 e. The summed E-state index contributed by atoms with van der Waals surface area (Å²) in [5, 5.41) is 10.5. The van der Waals surface area contributed by atoms with E-state index in [2.05, 4.69) is 20.6 Å². The van der Waals surface area contributed by atoms with Gasteiger partial charge in [0, 0.05) is 30.9 Å². The lowest BCUT2D eigenvalue weighted by molar-refractivity contribution is -0.134. The Morgan fingerprint density at radius 2 is 1.88 bits per heavy atom. The molecule has 9 nitrogen and oxygen atoms in total. The molecule has 0 saturated heterocycles. The summed E-state index contributed by atoms with van der Waals surface area (Å²) >= 11 is 0. The predicted octanol–water partition coefficient (Wildman–Crippen LogP) is 3.40. The predicted molar refractivity (Wildman–Crippen MR) is 111 cm³/mol. The highest BCUT2D eigenvalue weighted by Crippen LogP contribution is 2.19. The van der Waals surface area contributed by atoms with Gasteiger partial charge >= 0.3 is 5.97 Å². The van der Waals surface area contributed by atoms with Crippen molar-refractivity contribution in [3.8, 4) is 17.1 Å². The number of amides is 1. The van der Waals surface area contributed by atoms with Gasteiger partial charge in [-0.1, -0.05) is 5.16 Å². The molecule has 32 heavy (non-hydrogen) atoms. The maximum atomic E-state index is 13.0. The number of hydrogen-bond acceptors (Lipinski definition) is 7. The first-order valence-corrected chi connectivity index (χ1v) is 9.65. The van der Waals surface area contributed by atoms with Gasteiger partial charge < -0.3 is 14.6 Å². The summed E-state index contributed by atoms with van der Waals surface area (Å²) in [7, 11) is 1.73. The van der Waals surface area contributed by atoms with E-state index in [0.717, 1.165) is 0 Å². The average Bonchev–Trinajstić information content (AvgIpc) is 3.43. The Morgan fingerprint density at radius 1 is 1.12 bits per heavy atom. The van der Waals surface area contributed by atoms with Gasteiger partial charge in [-0.3, -0.25) is 14.3 Å². The summed E-state index contributed by atoms with van der Waals surface area (Å²) in [6.45, 7) is 0. The molecule has 0 radical (unpaired) electrons. The van der Waals surface area contributed by atoms with Gasteiger partial charge in [-0.05, 0) is 48.5 Å². The van der Waals surface area contributed by atoms with Gasteiger partial charge in [-0.15, -0.1) is 0 Å². The number of nitrogens with zero attached hydrogens (tertiary/aromatic N) is 4. The molecule has 0 bridgehead atoms. The second-order valence-corrected chi connectivity index (χ2v) is 6.87. The number of esters is 1. The Morgan fingerprint density at radius 3 is 2.56 bits per heavy atom. The van der Waals surface area contributed by atoms with Crippen molar-refractivity contribution in [2.75, 3.05) is 5.32 Å². The number of carbonyl (C=O) groups excluding carboxylic acids is 2. The monoisotopic (exact) mass is 435 g/mol. The average molecular weight is 435 g/mol. The topological polar surface area (TPSA) is 112 Å². The number of halogens is 1. The standard InChI is InChI=1S/C22H18FN5O4/c1-28-13-15(12-24-28)22(30)25-17-6-8-18(9-7-17)31-20(29)11-10-19-26-21(27-32-19)14-2-4-16(23)5-3-14/h2-9,12-13H,10-11H2,1H3,(H,25,30). The van der Waals surface area contributed by atoms with Crippen LogP contribution in [0, 0.1) is 5.82 Å².